The van der Waals surface area contributed by atoms with Gasteiger partial charge in [-0.05, 0) is 40.2 Å². The first-order chi connectivity index (χ1) is 10.3. The zero-order chi connectivity index (χ0) is 16.9. The number of carbonyl (C=O) groups excluding carboxylic acids is 1. The van der Waals surface area contributed by atoms with Crippen molar-refractivity contribution in [2.24, 2.45) is 0 Å². The van der Waals surface area contributed by atoms with Crippen molar-refractivity contribution in [2.45, 2.75) is 52.6 Å². The highest BCUT2D eigenvalue weighted by Gasteiger charge is 2.20. The quantitative estimate of drug-likeness (QED) is 0.573. The van der Waals surface area contributed by atoms with Gasteiger partial charge in [0.25, 0.3) is 5.69 Å². The van der Waals surface area contributed by atoms with Crippen LogP contribution in [0, 0.1) is 10.1 Å². The normalized spacial score (nSPS) is 10.9. The highest BCUT2D eigenvalue weighted by atomic mass is 16.6. The van der Waals surface area contributed by atoms with Crippen LogP contribution in [0.5, 0.6) is 5.75 Å². The van der Waals surface area contributed by atoms with Crippen molar-refractivity contribution in [1.29, 1.82) is 0 Å². The Morgan fingerprint density at radius 2 is 1.86 bits per heavy atom. The molecular formula is C16H24N2O4. The number of carbonyl (C=O) groups is 1. The third-order valence-electron chi connectivity index (χ3n) is 3.48. The molecule has 0 heterocycles. The van der Waals surface area contributed by atoms with Gasteiger partial charge < -0.3 is 9.64 Å². The molecule has 0 saturated carbocycles. The van der Waals surface area contributed by atoms with E-state index in [4.69, 9.17) is 4.74 Å². The van der Waals surface area contributed by atoms with E-state index in [-0.39, 0.29) is 23.7 Å². The molecule has 0 saturated heterocycles. The van der Waals surface area contributed by atoms with Crippen LogP contribution in [0.1, 0.15) is 39.7 Å². The van der Waals surface area contributed by atoms with E-state index in [9.17, 15) is 14.9 Å². The first kappa shape index (κ1) is 17.9. The van der Waals surface area contributed by atoms with Crippen LogP contribution >= 0.6 is 0 Å². The number of benzene rings is 1. The van der Waals surface area contributed by atoms with Crippen LogP contribution in [0.2, 0.25) is 0 Å². The second-order valence-corrected chi connectivity index (χ2v) is 5.74. The van der Waals surface area contributed by atoms with Crippen LogP contribution in [0.15, 0.2) is 18.2 Å². The summed E-state index contributed by atoms with van der Waals surface area (Å²) in [7, 11) is 1.51. The Labute approximate surface area is 131 Å². The van der Waals surface area contributed by atoms with E-state index in [2.05, 4.69) is 0 Å². The first-order valence-corrected chi connectivity index (χ1v) is 7.40. The molecule has 6 heteroatoms. The Hall–Kier alpha value is -2.11. The van der Waals surface area contributed by atoms with E-state index in [0.717, 1.165) is 0 Å². The largest absolute Gasteiger partial charge is 0.496 e. The molecule has 6 nitrogen and oxygen atoms in total. The Morgan fingerprint density at radius 1 is 1.27 bits per heavy atom. The number of non-ortho nitro benzene ring substituents is 1. The van der Waals surface area contributed by atoms with Gasteiger partial charge in [0.2, 0.25) is 5.91 Å². The highest BCUT2D eigenvalue weighted by molar-refractivity contribution is 5.77. The second-order valence-electron chi connectivity index (χ2n) is 5.74. The molecular weight excluding hydrogens is 284 g/mol. The zero-order valence-corrected chi connectivity index (χ0v) is 13.8. The van der Waals surface area contributed by atoms with E-state index >= 15 is 0 Å². The fraction of sp³-hybridized carbons (Fsp3) is 0.562. The van der Waals surface area contributed by atoms with Crippen molar-refractivity contribution < 1.29 is 14.5 Å². The molecule has 22 heavy (non-hydrogen) atoms. The molecule has 0 fully saturated rings. The van der Waals surface area contributed by atoms with Crippen LogP contribution < -0.4 is 4.74 Å². The van der Waals surface area contributed by atoms with Gasteiger partial charge in [-0.2, -0.15) is 0 Å². The molecule has 0 N–H and O–H groups in total. The van der Waals surface area contributed by atoms with E-state index < -0.39 is 4.92 Å². The van der Waals surface area contributed by atoms with Gasteiger partial charge in [-0.15, -0.1) is 0 Å². The minimum atomic E-state index is -0.445. The number of methoxy groups -OCH3 is 1. The lowest BCUT2D eigenvalue weighted by Gasteiger charge is -2.31. The standard InChI is InChI=1S/C16H24N2O4/c1-11(2)17(12(3)4)16(19)9-6-13-10-14(18(20)21)7-8-15(13)22-5/h7-8,10-12H,6,9H2,1-5H3. The summed E-state index contributed by atoms with van der Waals surface area (Å²) in [6.45, 7) is 7.91. The fourth-order valence-electron chi connectivity index (χ4n) is 2.62. The molecule has 0 unspecified atom stereocenters. The van der Waals surface area contributed by atoms with E-state index in [1.54, 1.807) is 6.07 Å². The van der Waals surface area contributed by atoms with Crippen molar-refractivity contribution in [2.75, 3.05) is 7.11 Å². The lowest BCUT2D eigenvalue weighted by Crippen LogP contribution is -2.42. The molecule has 0 aromatic heterocycles. The molecule has 0 radical (unpaired) electrons. The topological polar surface area (TPSA) is 72.7 Å². The van der Waals surface area contributed by atoms with Crippen LogP contribution in [0.4, 0.5) is 5.69 Å². The van der Waals surface area contributed by atoms with Gasteiger partial charge in [-0.3, -0.25) is 14.9 Å². The van der Waals surface area contributed by atoms with Gasteiger partial charge in [-0.25, -0.2) is 0 Å². The number of hydrogen-bond acceptors (Lipinski definition) is 4. The van der Waals surface area contributed by atoms with Gasteiger partial charge in [0.1, 0.15) is 5.75 Å². The van der Waals surface area contributed by atoms with Crippen LogP contribution in [-0.2, 0) is 11.2 Å². The van der Waals surface area contributed by atoms with Crippen molar-refractivity contribution in [3.05, 3.63) is 33.9 Å². The predicted molar refractivity (Wildman–Crippen MR) is 85.1 cm³/mol. The van der Waals surface area contributed by atoms with Gasteiger partial charge in [0, 0.05) is 36.2 Å². The summed E-state index contributed by atoms with van der Waals surface area (Å²) in [5, 5.41) is 10.9. The van der Waals surface area contributed by atoms with Crippen molar-refractivity contribution in [3.63, 3.8) is 0 Å². The monoisotopic (exact) mass is 308 g/mol. The molecule has 0 spiro atoms. The van der Waals surface area contributed by atoms with Crippen molar-refractivity contribution >= 4 is 11.6 Å². The van der Waals surface area contributed by atoms with Gasteiger partial charge >= 0.3 is 0 Å². The second kappa shape index (κ2) is 7.77. The maximum atomic E-state index is 12.4. The SMILES string of the molecule is COc1ccc([N+](=O)[O-])cc1CCC(=O)N(C(C)C)C(C)C. The van der Waals surface area contributed by atoms with E-state index in [1.807, 2.05) is 32.6 Å². The maximum Gasteiger partial charge on any atom is 0.269 e. The Kier molecular flexibility index (Phi) is 6.34. The first-order valence-electron chi connectivity index (χ1n) is 7.40. The summed E-state index contributed by atoms with van der Waals surface area (Å²) in [6.07, 6.45) is 0.716. The molecule has 0 aliphatic carbocycles. The van der Waals surface area contributed by atoms with Crippen LogP contribution in [-0.4, -0.2) is 34.9 Å². The number of nitro groups is 1. The molecule has 1 aromatic rings. The molecule has 122 valence electrons. The highest BCUT2D eigenvalue weighted by Crippen LogP contribution is 2.25. The van der Waals surface area contributed by atoms with Crippen molar-refractivity contribution in [3.8, 4) is 5.75 Å². The summed E-state index contributed by atoms with van der Waals surface area (Å²) in [4.78, 5) is 24.6. The average molecular weight is 308 g/mol. The third kappa shape index (κ3) is 4.44. The molecule has 0 atom stereocenters. The summed E-state index contributed by atoms with van der Waals surface area (Å²) >= 11 is 0. The molecule has 0 aliphatic heterocycles. The van der Waals surface area contributed by atoms with Crippen LogP contribution in [0.25, 0.3) is 0 Å². The lowest BCUT2D eigenvalue weighted by molar-refractivity contribution is -0.384. The van der Waals surface area contributed by atoms with Crippen molar-refractivity contribution in [1.82, 2.24) is 4.90 Å². The smallest absolute Gasteiger partial charge is 0.269 e. The van der Waals surface area contributed by atoms with E-state index in [1.165, 1.54) is 19.2 Å². The summed E-state index contributed by atoms with van der Waals surface area (Å²) in [6, 6.07) is 4.69. The Morgan fingerprint density at radius 3 is 2.32 bits per heavy atom. The van der Waals surface area contributed by atoms with Crippen LogP contribution in [0.3, 0.4) is 0 Å². The molecule has 0 aliphatic rings. The minimum absolute atomic E-state index is 0.00724. The Bertz CT molecular complexity index is 533. The number of aryl methyl sites for hydroxylation is 1. The predicted octanol–water partition coefficient (Wildman–Crippen LogP) is 3.18. The number of rotatable bonds is 7. The zero-order valence-electron chi connectivity index (χ0n) is 13.8. The summed E-state index contributed by atoms with van der Waals surface area (Å²) in [5.41, 5.74) is 0.685. The third-order valence-corrected chi connectivity index (χ3v) is 3.48. The summed E-state index contributed by atoms with van der Waals surface area (Å²) < 4.78 is 5.22. The molecule has 1 amide bonds. The number of amides is 1. The fourth-order valence-corrected chi connectivity index (χ4v) is 2.62. The number of nitro benzene ring substituents is 1. The molecule has 1 aromatic carbocycles. The van der Waals surface area contributed by atoms with Gasteiger partial charge in [0.05, 0.1) is 12.0 Å². The number of nitrogens with zero attached hydrogens (tertiary/aromatic N) is 2. The summed E-state index contributed by atoms with van der Waals surface area (Å²) in [5.74, 6) is 0.609. The lowest BCUT2D eigenvalue weighted by atomic mass is 10.1. The number of hydrogen-bond donors (Lipinski definition) is 0. The average Bonchev–Trinajstić information content (AvgIpc) is 2.43. The van der Waals surface area contributed by atoms with Gasteiger partial charge in [0.15, 0.2) is 0 Å². The Balaban J connectivity index is 2.88. The van der Waals surface area contributed by atoms with E-state index in [0.29, 0.717) is 24.2 Å². The minimum Gasteiger partial charge on any atom is -0.496 e. The number of ether oxygens (including phenoxy) is 1. The molecule has 0 bridgehead atoms. The maximum absolute atomic E-state index is 12.4. The molecule has 1 rings (SSSR count). The van der Waals surface area contributed by atoms with Gasteiger partial charge in [-0.1, -0.05) is 0 Å².